The van der Waals surface area contributed by atoms with Gasteiger partial charge in [0.25, 0.3) is 0 Å². The highest BCUT2D eigenvalue weighted by molar-refractivity contribution is 7.85. The number of benzene rings is 3. The van der Waals surface area contributed by atoms with Crippen LogP contribution < -0.4 is 4.90 Å². The van der Waals surface area contributed by atoms with Crippen molar-refractivity contribution in [2.75, 3.05) is 23.7 Å². The maximum absolute atomic E-state index is 11.3. The van der Waals surface area contributed by atoms with Crippen molar-refractivity contribution < 1.29 is 27.4 Å². The molecule has 2 aliphatic heterocycles. The minimum Gasteiger partial charge on any atom is -0.748 e. The predicted octanol–water partition coefficient (Wildman–Crippen LogP) is 6.98. The summed E-state index contributed by atoms with van der Waals surface area (Å²) in [5, 5.41) is 11.7. The number of carbonyl (C=O) groups is 1. The topological polar surface area (TPSA) is 101 Å². The van der Waals surface area contributed by atoms with Crippen LogP contribution in [0.2, 0.25) is 0 Å². The molecule has 8 heteroatoms. The van der Waals surface area contributed by atoms with E-state index in [9.17, 15) is 22.9 Å². The van der Waals surface area contributed by atoms with E-state index in [-0.39, 0.29) is 23.0 Å². The van der Waals surface area contributed by atoms with Gasteiger partial charge >= 0.3 is 5.97 Å². The Morgan fingerprint density at radius 1 is 0.978 bits per heavy atom. The van der Waals surface area contributed by atoms with Gasteiger partial charge in [0, 0.05) is 53.2 Å². The van der Waals surface area contributed by atoms with Crippen LogP contribution in [0, 0.1) is 0 Å². The summed E-state index contributed by atoms with van der Waals surface area (Å²) in [6, 6.07) is 18.6. The molecular weight excluding hydrogens is 584 g/mol. The molecule has 5 rings (SSSR count). The molecule has 0 unspecified atom stereocenters. The first kappa shape index (κ1) is 32.4. The second-order valence-corrected chi connectivity index (χ2v) is 14.4. The van der Waals surface area contributed by atoms with Crippen LogP contribution in [0.5, 0.6) is 0 Å². The summed E-state index contributed by atoms with van der Waals surface area (Å²) in [6.45, 7) is 12.3. The van der Waals surface area contributed by atoms with E-state index in [0.717, 1.165) is 40.5 Å². The number of carboxylic acid groups (broad SMARTS) is 1. The smallest absolute Gasteiger partial charge is 0.307 e. The lowest BCUT2D eigenvalue weighted by molar-refractivity contribution is -0.438. The molecule has 0 aliphatic carbocycles. The minimum atomic E-state index is -4.24. The zero-order valence-electron chi connectivity index (χ0n) is 26.7. The molecule has 2 heterocycles. The quantitative estimate of drug-likeness (QED) is 0.107. The van der Waals surface area contributed by atoms with Crippen molar-refractivity contribution in [2.45, 2.75) is 64.7 Å². The molecule has 1 N–H and O–H groups in total. The molecular formula is C37H42N2O5S. The van der Waals surface area contributed by atoms with E-state index in [1.807, 2.05) is 36.4 Å². The van der Waals surface area contributed by atoms with Crippen molar-refractivity contribution in [3.63, 3.8) is 0 Å². The molecule has 236 valence electrons. The lowest BCUT2D eigenvalue weighted by Gasteiger charge is -2.25. The molecule has 0 aromatic heterocycles. The summed E-state index contributed by atoms with van der Waals surface area (Å²) in [6.07, 6.45) is 11.3. The third-order valence-electron chi connectivity index (χ3n) is 9.14. The van der Waals surface area contributed by atoms with Crippen LogP contribution in [-0.4, -0.2) is 53.2 Å². The highest BCUT2D eigenvalue weighted by Crippen LogP contribution is 2.48. The monoisotopic (exact) mass is 626 g/mol. The van der Waals surface area contributed by atoms with Gasteiger partial charge in [0.2, 0.25) is 5.69 Å². The largest absolute Gasteiger partial charge is 0.748 e. The number of likely N-dealkylation sites (N-methyl/N-ethyl adjacent to an activating group) is 1. The fraction of sp³-hybridized carbons (Fsp3) is 0.351. The Hall–Kier alpha value is -4.01. The molecule has 0 atom stereocenters. The fourth-order valence-corrected chi connectivity index (χ4v) is 7.59. The second-order valence-electron chi connectivity index (χ2n) is 12.9. The number of rotatable bonds is 11. The highest BCUT2D eigenvalue weighted by atomic mass is 32.2. The second kappa shape index (κ2) is 12.4. The van der Waals surface area contributed by atoms with Gasteiger partial charge in [0.1, 0.15) is 6.54 Å². The standard InChI is InChI=1S/C37H42N2O5S/c1-6-38-30-20-18-26(25-34(40)41)24-29(30)36(2,3)32(38)16-8-7-9-17-33-37(4,5)35-28-15-11-10-14-27(28)19-21-31(35)39(33)22-12-13-23-45(42,43)44/h7-11,14-21,24H,6,12-13,22-23,25H2,1-5H3,(H-,40,41,42,43,44). The first-order chi connectivity index (χ1) is 21.3. The van der Waals surface area contributed by atoms with E-state index in [2.05, 4.69) is 92.7 Å². The van der Waals surface area contributed by atoms with Crippen LogP contribution in [0.15, 0.2) is 90.7 Å². The summed E-state index contributed by atoms with van der Waals surface area (Å²) in [4.78, 5) is 13.6. The number of allylic oxidation sites excluding steroid dienone is 6. The normalized spacial score (nSPS) is 18.1. The van der Waals surface area contributed by atoms with Crippen LogP contribution in [0.25, 0.3) is 10.8 Å². The summed E-state index contributed by atoms with van der Waals surface area (Å²) < 4.78 is 35.9. The fourth-order valence-electron chi connectivity index (χ4n) is 7.03. The Morgan fingerprint density at radius 3 is 2.44 bits per heavy atom. The van der Waals surface area contributed by atoms with Gasteiger partial charge in [-0.15, -0.1) is 0 Å². The van der Waals surface area contributed by atoms with Crippen LogP contribution in [-0.2, 0) is 32.2 Å². The number of hydrogen-bond donors (Lipinski definition) is 1. The summed E-state index contributed by atoms with van der Waals surface area (Å²) in [5.74, 6) is -1.19. The van der Waals surface area contributed by atoms with Gasteiger partial charge in [-0.1, -0.05) is 68.5 Å². The molecule has 7 nitrogen and oxygen atoms in total. The highest BCUT2D eigenvalue weighted by Gasteiger charge is 2.45. The van der Waals surface area contributed by atoms with E-state index in [1.54, 1.807) is 0 Å². The van der Waals surface area contributed by atoms with Crippen LogP contribution in [0.1, 0.15) is 64.2 Å². The first-order valence-electron chi connectivity index (χ1n) is 15.5. The van der Waals surface area contributed by atoms with Gasteiger partial charge in [-0.2, -0.15) is 4.58 Å². The predicted molar refractivity (Wildman–Crippen MR) is 181 cm³/mol. The van der Waals surface area contributed by atoms with Gasteiger partial charge in [-0.05, 0) is 67.3 Å². The molecule has 3 aromatic rings. The molecule has 2 aliphatic rings. The van der Waals surface area contributed by atoms with Gasteiger partial charge in [-0.3, -0.25) is 4.79 Å². The Bertz CT molecular complexity index is 1880. The third-order valence-corrected chi connectivity index (χ3v) is 9.93. The Kier molecular flexibility index (Phi) is 8.93. The van der Waals surface area contributed by atoms with Crippen LogP contribution in [0.4, 0.5) is 11.4 Å². The number of fused-ring (bicyclic) bond motifs is 4. The van der Waals surface area contributed by atoms with Gasteiger partial charge < -0.3 is 14.6 Å². The number of carboxylic acids is 1. The Balaban J connectivity index is 1.45. The molecule has 45 heavy (non-hydrogen) atoms. The number of nitrogens with zero attached hydrogens (tertiary/aromatic N) is 2. The van der Waals surface area contributed by atoms with Crippen molar-refractivity contribution in [3.05, 3.63) is 107 Å². The Labute approximate surface area is 266 Å². The molecule has 0 spiro atoms. The van der Waals surface area contributed by atoms with E-state index in [4.69, 9.17) is 0 Å². The van der Waals surface area contributed by atoms with E-state index in [0.29, 0.717) is 19.4 Å². The molecule has 0 amide bonds. The SMILES string of the molecule is CCN1C(=CC=CC=CC2=[N+](CCCCS(=O)(=O)[O-])c3ccc4ccccc4c3C2(C)C)C(C)(C)c2cc(CC(=O)O)ccc21. The van der Waals surface area contributed by atoms with E-state index in [1.165, 1.54) is 16.3 Å². The van der Waals surface area contributed by atoms with Crippen molar-refractivity contribution in [1.29, 1.82) is 0 Å². The molecule has 0 saturated carbocycles. The molecule has 0 fully saturated rings. The first-order valence-corrected chi connectivity index (χ1v) is 17.1. The average Bonchev–Trinajstić information content (AvgIpc) is 3.32. The van der Waals surface area contributed by atoms with Crippen molar-refractivity contribution >= 4 is 43.9 Å². The van der Waals surface area contributed by atoms with Gasteiger partial charge in [-0.25, -0.2) is 8.42 Å². The third kappa shape index (κ3) is 6.40. The Morgan fingerprint density at radius 2 is 1.73 bits per heavy atom. The van der Waals surface area contributed by atoms with Crippen molar-refractivity contribution in [2.24, 2.45) is 0 Å². The lowest BCUT2D eigenvalue weighted by atomic mass is 9.79. The maximum atomic E-state index is 11.3. The summed E-state index contributed by atoms with van der Waals surface area (Å²) >= 11 is 0. The van der Waals surface area contributed by atoms with Gasteiger partial charge in [0.15, 0.2) is 5.71 Å². The molecule has 0 radical (unpaired) electrons. The molecule has 0 bridgehead atoms. The lowest BCUT2D eigenvalue weighted by Crippen LogP contribution is -2.28. The molecule has 0 saturated heterocycles. The maximum Gasteiger partial charge on any atom is 0.307 e. The number of aliphatic carboxylic acids is 1. The van der Waals surface area contributed by atoms with E-state index < -0.39 is 16.1 Å². The average molecular weight is 627 g/mol. The number of anilines is 1. The number of hydrogen-bond acceptors (Lipinski definition) is 5. The summed E-state index contributed by atoms with van der Waals surface area (Å²) in [5.41, 5.74) is 7.08. The van der Waals surface area contributed by atoms with Gasteiger partial charge in [0.05, 0.1) is 22.0 Å². The summed E-state index contributed by atoms with van der Waals surface area (Å²) in [7, 11) is -4.24. The zero-order chi connectivity index (χ0) is 32.6. The van der Waals surface area contributed by atoms with Crippen molar-refractivity contribution in [1.82, 2.24) is 0 Å². The molecule has 3 aromatic carbocycles. The van der Waals surface area contributed by atoms with Crippen LogP contribution >= 0.6 is 0 Å². The number of unbranched alkanes of at least 4 members (excludes halogenated alkanes) is 1. The van der Waals surface area contributed by atoms with Crippen molar-refractivity contribution in [3.8, 4) is 0 Å². The zero-order valence-corrected chi connectivity index (χ0v) is 27.5. The minimum absolute atomic E-state index is 0.00281. The van der Waals surface area contributed by atoms with Crippen LogP contribution in [0.3, 0.4) is 0 Å². The van der Waals surface area contributed by atoms with E-state index >= 15 is 0 Å².